The van der Waals surface area contributed by atoms with Crippen molar-refractivity contribution in [1.82, 2.24) is 30.2 Å². The number of nitrogens with one attached hydrogen (secondary N) is 2. The number of carbonyl (C=O) groups excluding carboxylic acids is 4. The Bertz CT molecular complexity index is 2680. The molecule has 0 atom stereocenters. The number of carboxylic acids is 1. The second-order valence-corrected chi connectivity index (χ2v) is 22.3. The molecule has 9 rings (SSSR count). The Morgan fingerprint density at radius 3 is 0.855 bits per heavy atom. The highest BCUT2D eigenvalue weighted by atomic mass is 16.6. The van der Waals surface area contributed by atoms with Crippen LogP contribution in [0.5, 0.6) is 0 Å². The average molecular weight is 1130 g/mol. The van der Waals surface area contributed by atoms with Crippen LogP contribution < -0.4 is 16.4 Å². The van der Waals surface area contributed by atoms with Crippen molar-refractivity contribution in [3.63, 3.8) is 0 Å². The number of benzene rings is 6. The molecule has 4 amide bonds. The Morgan fingerprint density at radius 2 is 0.602 bits per heavy atom. The van der Waals surface area contributed by atoms with Gasteiger partial charge < -0.3 is 50.5 Å². The van der Waals surface area contributed by atoms with E-state index in [-0.39, 0.29) is 53.8 Å². The first-order valence-electron chi connectivity index (χ1n) is 29.0. The molecule has 15 heteroatoms. The Morgan fingerprint density at radius 1 is 0.386 bits per heavy atom. The van der Waals surface area contributed by atoms with Crippen LogP contribution in [-0.4, -0.2) is 151 Å². The van der Waals surface area contributed by atoms with Crippen LogP contribution >= 0.6 is 0 Å². The first-order valence-corrected chi connectivity index (χ1v) is 29.0. The van der Waals surface area contributed by atoms with Gasteiger partial charge >= 0.3 is 18.2 Å². The lowest BCUT2D eigenvalue weighted by Crippen LogP contribution is -2.51. The van der Waals surface area contributed by atoms with Gasteiger partial charge in [0.25, 0.3) is 0 Å². The molecule has 6 aromatic carbocycles. The normalized spacial score (nSPS) is 14.3. The standard InChI is InChI=1S/C24H30N2O3.C19H22N2O.C15H14O2.C9H18N2O2.CH5N/c1-24(2,3)29-23(28)26-16-14-25(15-17-26)22(27)18-21(19-10-6-4-7-11-19)20-12-8-5-9-13-20;22-19(21-13-11-20-12-14-21)15-18(16-7-3-1-4-8-16)17-9-5-2-6-10-17;16-15(17)11-14(12-7-3-1-4-8-12)13-9-5-2-6-10-13;1-9(2,3)13-8(12)11-6-4-10-5-7-11;1-2/h4-13,21H,14-18H2,1-3H3;1-10,18,20H,11-15H2;1-10,14H,11H2,(H,16,17);10H,4-7H2,1-3H3;2H2,1H3. The van der Waals surface area contributed by atoms with E-state index in [1.54, 1.807) is 9.80 Å². The highest BCUT2D eigenvalue weighted by Gasteiger charge is 2.30. The topological polar surface area (TPSA) is 187 Å². The van der Waals surface area contributed by atoms with E-state index < -0.39 is 11.6 Å². The van der Waals surface area contributed by atoms with Gasteiger partial charge in [0.1, 0.15) is 11.2 Å². The Kier molecular flexibility index (Phi) is 27.5. The summed E-state index contributed by atoms with van der Waals surface area (Å²) in [7, 11) is 1.50. The molecule has 0 radical (unpaired) electrons. The lowest BCUT2D eigenvalue weighted by Gasteiger charge is -2.36. The third-order valence-corrected chi connectivity index (χ3v) is 13.9. The molecule has 15 nitrogen and oxygen atoms in total. The maximum Gasteiger partial charge on any atom is 0.410 e. The lowest BCUT2D eigenvalue weighted by atomic mass is 9.88. The quantitative estimate of drug-likeness (QED) is 0.0913. The number of hydrogen-bond acceptors (Lipinski definition) is 10. The Hall–Kier alpha value is -7.85. The van der Waals surface area contributed by atoms with Gasteiger partial charge in [0, 0.05) is 109 Å². The molecule has 3 heterocycles. The molecule has 3 aliphatic rings. The van der Waals surface area contributed by atoms with E-state index in [4.69, 9.17) is 14.6 Å². The highest BCUT2D eigenvalue weighted by Crippen LogP contribution is 2.31. The molecule has 3 aliphatic heterocycles. The number of nitrogens with zero attached hydrogens (tertiary/aromatic N) is 4. The van der Waals surface area contributed by atoms with Crippen LogP contribution in [0.1, 0.15) is 112 Å². The van der Waals surface area contributed by atoms with E-state index in [1.807, 2.05) is 185 Å². The van der Waals surface area contributed by atoms with Crippen molar-refractivity contribution in [2.45, 2.75) is 89.8 Å². The van der Waals surface area contributed by atoms with Crippen molar-refractivity contribution >= 4 is 30.0 Å². The highest BCUT2D eigenvalue weighted by molar-refractivity contribution is 5.79. The van der Waals surface area contributed by atoms with Crippen LogP contribution in [0.15, 0.2) is 182 Å². The number of carboxylic acid groups (broad SMARTS) is 1. The van der Waals surface area contributed by atoms with E-state index in [9.17, 15) is 24.0 Å². The van der Waals surface area contributed by atoms with Crippen LogP contribution in [0.25, 0.3) is 0 Å². The Balaban J connectivity index is 0.000000209. The van der Waals surface area contributed by atoms with Gasteiger partial charge in [-0.15, -0.1) is 0 Å². The molecule has 6 aromatic rings. The maximum absolute atomic E-state index is 13.1. The molecule has 444 valence electrons. The van der Waals surface area contributed by atoms with E-state index in [0.717, 1.165) is 74.6 Å². The first-order chi connectivity index (χ1) is 39.9. The zero-order chi connectivity index (χ0) is 60.0. The summed E-state index contributed by atoms with van der Waals surface area (Å²) in [6.45, 7) is 19.9. The van der Waals surface area contributed by atoms with Crippen molar-refractivity contribution < 1.29 is 38.6 Å². The molecule has 0 spiro atoms. The minimum atomic E-state index is -0.775. The minimum absolute atomic E-state index is 0.0220. The van der Waals surface area contributed by atoms with E-state index >= 15 is 0 Å². The summed E-state index contributed by atoms with van der Waals surface area (Å²) in [6.07, 6.45) is 0.563. The van der Waals surface area contributed by atoms with Crippen LogP contribution in [0, 0.1) is 0 Å². The summed E-state index contributed by atoms with van der Waals surface area (Å²) < 4.78 is 10.7. The first kappa shape index (κ1) is 66.0. The zero-order valence-electron chi connectivity index (χ0n) is 49.8. The number of rotatable bonds is 12. The summed E-state index contributed by atoms with van der Waals surface area (Å²) in [6, 6.07) is 60.5. The number of carbonyl (C=O) groups is 5. The third-order valence-electron chi connectivity index (χ3n) is 13.9. The van der Waals surface area contributed by atoms with Gasteiger partial charge in [-0.1, -0.05) is 182 Å². The lowest BCUT2D eigenvalue weighted by molar-refractivity contribution is -0.137. The molecular weight excluding hydrogens is 1040 g/mol. The molecule has 83 heavy (non-hydrogen) atoms. The second-order valence-electron chi connectivity index (χ2n) is 22.3. The molecule has 3 fully saturated rings. The fraction of sp³-hybridized carbons (Fsp3) is 0.397. The summed E-state index contributed by atoms with van der Waals surface area (Å²) >= 11 is 0. The van der Waals surface area contributed by atoms with Crippen molar-refractivity contribution in [3.8, 4) is 0 Å². The maximum atomic E-state index is 13.1. The molecule has 0 unspecified atom stereocenters. The Labute approximate surface area is 493 Å². The van der Waals surface area contributed by atoms with Crippen LogP contribution in [0.4, 0.5) is 9.59 Å². The number of ether oxygens (including phenoxy) is 2. The fourth-order valence-electron chi connectivity index (χ4n) is 9.73. The third kappa shape index (κ3) is 23.5. The van der Waals surface area contributed by atoms with Gasteiger partial charge in [0.15, 0.2) is 0 Å². The van der Waals surface area contributed by atoms with E-state index in [0.29, 0.717) is 39.0 Å². The minimum Gasteiger partial charge on any atom is -0.481 e. The number of hydrogen-bond donors (Lipinski definition) is 4. The summed E-state index contributed by atoms with van der Waals surface area (Å²) in [5.41, 5.74) is 10.4. The molecule has 5 N–H and O–H groups in total. The predicted molar refractivity (Wildman–Crippen MR) is 330 cm³/mol. The van der Waals surface area contributed by atoms with Crippen molar-refractivity contribution in [2.75, 3.05) is 85.6 Å². The molecule has 3 saturated heterocycles. The van der Waals surface area contributed by atoms with Crippen molar-refractivity contribution in [2.24, 2.45) is 5.73 Å². The number of aliphatic carboxylic acids is 1. The van der Waals surface area contributed by atoms with Gasteiger partial charge in [-0.2, -0.15) is 0 Å². The van der Waals surface area contributed by atoms with E-state index in [1.165, 1.54) is 18.2 Å². The number of nitrogens with two attached hydrogens (primary N) is 1. The summed E-state index contributed by atoms with van der Waals surface area (Å²) in [4.78, 5) is 67.7. The van der Waals surface area contributed by atoms with Crippen LogP contribution in [0.3, 0.4) is 0 Å². The number of amides is 4. The van der Waals surface area contributed by atoms with Gasteiger partial charge in [-0.05, 0) is 82.0 Å². The largest absolute Gasteiger partial charge is 0.481 e. The number of piperazine rings is 3. The van der Waals surface area contributed by atoms with Gasteiger partial charge in [0.2, 0.25) is 11.8 Å². The predicted octanol–water partition coefficient (Wildman–Crippen LogP) is 10.6. The van der Waals surface area contributed by atoms with Crippen LogP contribution in [-0.2, 0) is 23.9 Å². The van der Waals surface area contributed by atoms with Crippen molar-refractivity contribution in [1.29, 1.82) is 0 Å². The summed E-state index contributed by atoms with van der Waals surface area (Å²) in [5.74, 6) is -0.332. The van der Waals surface area contributed by atoms with Gasteiger partial charge in [0.05, 0.1) is 6.42 Å². The smallest absolute Gasteiger partial charge is 0.410 e. The summed E-state index contributed by atoms with van der Waals surface area (Å²) in [5, 5.41) is 15.5. The molecule has 0 saturated carbocycles. The van der Waals surface area contributed by atoms with Crippen molar-refractivity contribution in [3.05, 3.63) is 215 Å². The monoisotopic (exact) mass is 1130 g/mol. The zero-order valence-corrected chi connectivity index (χ0v) is 49.8. The molecule has 0 bridgehead atoms. The van der Waals surface area contributed by atoms with Gasteiger partial charge in [-0.25, -0.2) is 9.59 Å². The average Bonchev–Trinajstić information content (AvgIpc) is 3.60. The van der Waals surface area contributed by atoms with Gasteiger partial charge in [-0.3, -0.25) is 14.4 Å². The SMILES string of the molecule is CC(C)(C)OC(=O)N1CCN(C(=O)CC(c2ccccc2)c2ccccc2)CC1.CC(C)(C)OC(=O)N1CCNCC1.CN.O=C(CC(c1ccccc1)c1ccccc1)N1CCNCC1.O=C(O)CC(c1ccccc1)c1ccccc1. The second kappa shape index (κ2) is 34.6. The van der Waals surface area contributed by atoms with Crippen LogP contribution in [0.2, 0.25) is 0 Å². The molecule has 0 aromatic heterocycles. The molecular formula is C68H89N7O8. The van der Waals surface area contributed by atoms with E-state index in [2.05, 4.69) is 64.9 Å². The molecule has 0 aliphatic carbocycles. The fourth-order valence-corrected chi connectivity index (χ4v) is 9.73.